The van der Waals surface area contributed by atoms with Gasteiger partial charge in [-0.25, -0.2) is 4.98 Å². The lowest BCUT2D eigenvalue weighted by atomic mass is 10.1. The average molecular weight is 529 g/mol. The summed E-state index contributed by atoms with van der Waals surface area (Å²) < 4.78 is 10.4. The zero-order valence-corrected chi connectivity index (χ0v) is 22.4. The fraction of sp³-hybridized carbons (Fsp3) is 0.577. The summed E-state index contributed by atoms with van der Waals surface area (Å²) >= 11 is 1.43. The molecule has 1 aromatic carbocycles. The Balaban J connectivity index is 1.28. The molecule has 0 bridgehead atoms. The predicted molar refractivity (Wildman–Crippen MR) is 144 cm³/mol. The van der Waals surface area contributed by atoms with E-state index in [1.54, 1.807) is 19.6 Å². The number of rotatable bonds is 10. The number of carbonyl (C=O) groups is 2. The molecule has 3 saturated heterocycles. The van der Waals surface area contributed by atoms with Gasteiger partial charge in [0.2, 0.25) is 0 Å². The van der Waals surface area contributed by atoms with Gasteiger partial charge in [-0.15, -0.1) is 11.3 Å². The van der Waals surface area contributed by atoms with Crippen LogP contribution in [0.4, 0.5) is 10.8 Å². The van der Waals surface area contributed by atoms with Crippen molar-refractivity contribution in [2.24, 2.45) is 0 Å². The number of fused-ring (bicyclic) bond motifs is 1. The van der Waals surface area contributed by atoms with Crippen LogP contribution in [0.1, 0.15) is 39.3 Å². The normalized spacial score (nSPS) is 20.5. The van der Waals surface area contributed by atoms with Gasteiger partial charge in [-0.2, -0.15) is 0 Å². The van der Waals surface area contributed by atoms with Gasteiger partial charge in [0.05, 0.1) is 24.0 Å². The molecule has 1 aromatic heterocycles. The summed E-state index contributed by atoms with van der Waals surface area (Å²) in [4.78, 5) is 37.8. The minimum atomic E-state index is -0.331. The SMILES string of the molecule is COCCNC(=O)c1cc(CN2CCN3CCC[C@H]3C2)ccc1NC(=O)c1csc(N2CC(OC)C2)n1. The van der Waals surface area contributed by atoms with Crippen LogP contribution >= 0.6 is 11.3 Å². The first-order valence-corrected chi connectivity index (χ1v) is 13.8. The summed E-state index contributed by atoms with van der Waals surface area (Å²) in [6, 6.07) is 6.37. The molecule has 0 unspecified atom stereocenters. The van der Waals surface area contributed by atoms with Gasteiger partial charge in [0.1, 0.15) is 5.69 Å². The zero-order valence-electron chi connectivity index (χ0n) is 21.6. The van der Waals surface area contributed by atoms with Crippen molar-refractivity contribution in [3.05, 3.63) is 40.4 Å². The van der Waals surface area contributed by atoms with E-state index in [2.05, 4.69) is 30.3 Å². The van der Waals surface area contributed by atoms with Crippen LogP contribution in [0.3, 0.4) is 0 Å². The monoisotopic (exact) mass is 528 g/mol. The number of nitrogens with one attached hydrogen (secondary N) is 2. The number of benzene rings is 1. The number of nitrogens with zero attached hydrogens (tertiary/aromatic N) is 4. The summed E-state index contributed by atoms with van der Waals surface area (Å²) in [5.41, 5.74) is 2.32. The summed E-state index contributed by atoms with van der Waals surface area (Å²) in [6.45, 7) is 7.53. The van der Waals surface area contributed by atoms with Gasteiger partial charge >= 0.3 is 0 Å². The van der Waals surface area contributed by atoms with Crippen molar-refractivity contribution >= 4 is 34.0 Å². The number of hydrogen-bond acceptors (Lipinski definition) is 9. The molecule has 3 aliphatic heterocycles. The maximum Gasteiger partial charge on any atom is 0.275 e. The lowest BCUT2D eigenvalue weighted by Crippen LogP contribution is -2.51. The number of anilines is 2. The Morgan fingerprint density at radius 1 is 1.14 bits per heavy atom. The number of methoxy groups -OCH3 is 2. The highest BCUT2D eigenvalue weighted by molar-refractivity contribution is 7.14. The summed E-state index contributed by atoms with van der Waals surface area (Å²) in [6.07, 6.45) is 2.75. The number of amides is 2. The third kappa shape index (κ3) is 6.12. The predicted octanol–water partition coefficient (Wildman–Crippen LogP) is 1.89. The molecule has 0 spiro atoms. The molecule has 0 saturated carbocycles. The minimum Gasteiger partial charge on any atom is -0.383 e. The van der Waals surface area contributed by atoms with Crippen LogP contribution in [0.25, 0.3) is 0 Å². The first-order valence-electron chi connectivity index (χ1n) is 12.9. The van der Waals surface area contributed by atoms with Crippen molar-refractivity contribution in [3.8, 4) is 0 Å². The molecule has 3 aliphatic rings. The van der Waals surface area contributed by atoms with Crippen molar-refractivity contribution in [2.75, 3.05) is 76.9 Å². The lowest BCUT2D eigenvalue weighted by molar-refractivity contribution is 0.0787. The highest BCUT2D eigenvalue weighted by atomic mass is 32.1. The molecule has 2 aromatic rings. The van der Waals surface area contributed by atoms with E-state index >= 15 is 0 Å². The Hall–Kier alpha value is -2.57. The number of carbonyl (C=O) groups excluding carboxylic acids is 2. The number of piperazine rings is 1. The molecule has 37 heavy (non-hydrogen) atoms. The molecule has 5 rings (SSSR count). The number of ether oxygens (including phenoxy) is 2. The van der Waals surface area contributed by atoms with Crippen molar-refractivity contribution in [1.29, 1.82) is 0 Å². The second-order valence-corrected chi connectivity index (χ2v) is 10.8. The Morgan fingerprint density at radius 3 is 2.81 bits per heavy atom. The van der Waals surface area contributed by atoms with Gasteiger partial charge in [-0.1, -0.05) is 6.07 Å². The van der Waals surface area contributed by atoms with E-state index in [-0.39, 0.29) is 17.9 Å². The largest absolute Gasteiger partial charge is 0.383 e. The van der Waals surface area contributed by atoms with E-state index in [1.165, 1.54) is 30.7 Å². The molecule has 1 atom stereocenters. The second-order valence-electron chi connectivity index (χ2n) is 9.93. The van der Waals surface area contributed by atoms with E-state index in [0.717, 1.165) is 50.0 Å². The van der Waals surface area contributed by atoms with Gasteiger partial charge in [0.25, 0.3) is 11.8 Å². The number of thiazole rings is 1. The molecule has 2 amide bonds. The molecule has 3 fully saturated rings. The van der Waals surface area contributed by atoms with E-state index in [9.17, 15) is 9.59 Å². The molecule has 4 heterocycles. The first kappa shape index (κ1) is 26.1. The van der Waals surface area contributed by atoms with Crippen LogP contribution in [-0.2, 0) is 16.0 Å². The molecular formula is C26H36N6O4S. The quantitative estimate of drug-likeness (QED) is 0.451. The Morgan fingerprint density at radius 2 is 2.00 bits per heavy atom. The molecule has 0 radical (unpaired) electrons. The summed E-state index contributed by atoms with van der Waals surface area (Å²) in [5, 5.41) is 8.36. The van der Waals surface area contributed by atoms with Gasteiger partial charge in [-0.3, -0.25) is 19.4 Å². The molecular weight excluding hydrogens is 492 g/mol. The van der Waals surface area contributed by atoms with Crippen LogP contribution in [0.5, 0.6) is 0 Å². The minimum absolute atomic E-state index is 0.209. The zero-order chi connectivity index (χ0) is 25.8. The summed E-state index contributed by atoms with van der Waals surface area (Å²) in [7, 11) is 3.30. The van der Waals surface area contributed by atoms with Crippen LogP contribution in [0, 0.1) is 0 Å². The van der Waals surface area contributed by atoms with E-state index < -0.39 is 0 Å². The van der Waals surface area contributed by atoms with Crippen molar-refractivity contribution in [3.63, 3.8) is 0 Å². The van der Waals surface area contributed by atoms with E-state index in [0.29, 0.717) is 36.1 Å². The van der Waals surface area contributed by atoms with Crippen molar-refractivity contribution in [2.45, 2.75) is 31.5 Å². The van der Waals surface area contributed by atoms with Gasteiger partial charge in [0.15, 0.2) is 5.13 Å². The smallest absolute Gasteiger partial charge is 0.275 e. The maximum absolute atomic E-state index is 13.1. The average Bonchev–Trinajstić information content (AvgIpc) is 3.54. The van der Waals surface area contributed by atoms with Crippen molar-refractivity contribution < 1.29 is 19.1 Å². The maximum atomic E-state index is 13.1. The van der Waals surface area contributed by atoms with Crippen LogP contribution in [0.2, 0.25) is 0 Å². The van der Waals surface area contributed by atoms with Gasteiger partial charge < -0.3 is 25.0 Å². The lowest BCUT2D eigenvalue weighted by Gasteiger charge is -2.37. The highest BCUT2D eigenvalue weighted by Crippen LogP contribution is 2.28. The first-order chi connectivity index (χ1) is 18.0. The Bertz CT molecular complexity index is 1100. The highest BCUT2D eigenvalue weighted by Gasteiger charge is 2.31. The van der Waals surface area contributed by atoms with E-state index in [1.807, 2.05) is 18.2 Å². The topological polar surface area (TPSA) is 99.3 Å². The molecule has 10 nitrogen and oxygen atoms in total. The molecule has 200 valence electrons. The molecule has 0 aliphatic carbocycles. The Labute approximate surface area is 221 Å². The Kier molecular flexibility index (Phi) is 8.36. The molecule has 11 heteroatoms. The summed E-state index contributed by atoms with van der Waals surface area (Å²) in [5.74, 6) is -0.567. The number of aromatic nitrogens is 1. The second kappa shape index (κ2) is 11.9. The fourth-order valence-electron chi connectivity index (χ4n) is 5.25. The van der Waals surface area contributed by atoms with Gasteiger partial charge in [-0.05, 0) is 37.1 Å². The van der Waals surface area contributed by atoms with Crippen molar-refractivity contribution in [1.82, 2.24) is 20.1 Å². The van der Waals surface area contributed by atoms with Crippen LogP contribution in [0.15, 0.2) is 23.6 Å². The fourth-order valence-corrected chi connectivity index (χ4v) is 6.08. The number of hydrogen-bond donors (Lipinski definition) is 2. The van der Waals surface area contributed by atoms with Crippen LogP contribution < -0.4 is 15.5 Å². The standard InChI is InChI=1S/C26H36N6O4S/c1-35-11-7-27-24(33)21-12-18(13-30-9-10-31-8-3-4-19(31)14-30)5-6-22(21)28-25(34)23-17-37-26(29-23)32-15-20(16-32)36-2/h5-6,12,17,19-20H,3-4,7-11,13-16H2,1-2H3,(H,27,33)(H,28,34)/t19-/m0/s1. The third-order valence-electron chi connectivity index (χ3n) is 7.42. The third-order valence-corrected chi connectivity index (χ3v) is 8.32. The molecule has 2 N–H and O–H groups in total. The van der Waals surface area contributed by atoms with Crippen LogP contribution in [-0.4, -0.2) is 105 Å². The van der Waals surface area contributed by atoms with Gasteiger partial charge in [0, 0.05) is 71.5 Å². The van der Waals surface area contributed by atoms with E-state index in [4.69, 9.17) is 9.47 Å².